The molecule has 11 heteroatoms. The molecule has 2 N–H and O–H groups in total. The van der Waals surface area contributed by atoms with Gasteiger partial charge in [-0.1, -0.05) is 0 Å². The average molecular weight is 445 g/mol. The van der Waals surface area contributed by atoms with Crippen molar-refractivity contribution < 1.29 is 27.2 Å². The maximum atomic E-state index is 13.4. The lowest BCUT2D eigenvalue weighted by Crippen LogP contribution is -2.61. The Morgan fingerprint density at radius 1 is 1.10 bits per heavy atom. The Morgan fingerprint density at radius 3 is 2.35 bits per heavy atom. The van der Waals surface area contributed by atoms with Crippen LogP contribution in [0.4, 0.5) is 28.0 Å². The number of hydrogen-bond donors (Lipinski definition) is 2. The Balaban J connectivity index is 1.54. The van der Waals surface area contributed by atoms with Gasteiger partial charge in [0, 0.05) is 57.5 Å². The van der Waals surface area contributed by atoms with Crippen molar-refractivity contribution in [3.8, 4) is 0 Å². The van der Waals surface area contributed by atoms with Crippen LogP contribution in [0.1, 0.15) is 19.4 Å². The summed E-state index contributed by atoms with van der Waals surface area (Å²) in [5.41, 5.74) is -1.58. The van der Waals surface area contributed by atoms with Gasteiger partial charge in [0.2, 0.25) is 5.91 Å². The second kappa shape index (κ2) is 9.39. The topological polar surface area (TPSA) is 67.9 Å². The molecule has 0 unspecified atom stereocenters. The van der Waals surface area contributed by atoms with Crippen LogP contribution < -0.4 is 10.6 Å². The van der Waals surface area contributed by atoms with E-state index < -0.39 is 23.6 Å². The van der Waals surface area contributed by atoms with Gasteiger partial charge in [-0.25, -0.2) is 9.18 Å². The number of nitrogens with one attached hydrogen (secondary N) is 2. The maximum Gasteiger partial charge on any atom is 0.419 e. The predicted octanol–water partition coefficient (Wildman–Crippen LogP) is 2.20. The first-order valence-corrected chi connectivity index (χ1v) is 10.2. The van der Waals surface area contributed by atoms with Crippen molar-refractivity contribution in [3.63, 3.8) is 0 Å². The molecule has 0 radical (unpaired) electrons. The largest absolute Gasteiger partial charge is 0.419 e. The van der Waals surface area contributed by atoms with Crippen molar-refractivity contribution in [2.24, 2.45) is 0 Å². The van der Waals surface area contributed by atoms with E-state index in [4.69, 9.17) is 0 Å². The standard InChI is InChI=1S/C20H27F4N5O2/c1-13(2)29-6-5-25-17(12-29)18(30)27-7-9-28(10-8-27)19(31)26-14-3-4-16(21)15(11-14)20(22,23)24/h3-4,11,13,17,25H,5-10,12H2,1-2H3,(H,26,31)/t17-/m1/s1. The van der Waals surface area contributed by atoms with Gasteiger partial charge in [0.15, 0.2) is 0 Å². The molecule has 1 atom stereocenters. The summed E-state index contributed by atoms with van der Waals surface area (Å²) < 4.78 is 52.0. The smallest absolute Gasteiger partial charge is 0.338 e. The zero-order chi connectivity index (χ0) is 22.8. The van der Waals surface area contributed by atoms with Gasteiger partial charge in [0.05, 0.1) is 11.6 Å². The summed E-state index contributed by atoms with van der Waals surface area (Å²) in [6, 6.07) is 1.79. The fourth-order valence-electron chi connectivity index (χ4n) is 3.78. The van der Waals surface area contributed by atoms with E-state index in [9.17, 15) is 27.2 Å². The molecular formula is C20H27F4N5O2. The molecule has 2 aliphatic heterocycles. The lowest BCUT2D eigenvalue weighted by Gasteiger charge is -2.40. The molecule has 172 valence electrons. The van der Waals surface area contributed by atoms with Crippen LogP contribution in [0.15, 0.2) is 18.2 Å². The van der Waals surface area contributed by atoms with Gasteiger partial charge in [-0.05, 0) is 32.0 Å². The quantitative estimate of drug-likeness (QED) is 0.701. The first-order valence-electron chi connectivity index (χ1n) is 10.2. The monoisotopic (exact) mass is 445 g/mol. The molecule has 0 bridgehead atoms. The number of rotatable bonds is 3. The molecule has 1 aromatic rings. The molecule has 3 amide bonds. The molecule has 2 fully saturated rings. The SMILES string of the molecule is CC(C)N1CCN[C@@H](C(=O)N2CCN(C(=O)Nc3ccc(F)c(C(F)(F)F)c3)CC2)C1. The summed E-state index contributed by atoms with van der Waals surface area (Å²) in [6.07, 6.45) is -4.85. The van der Waals surface area contributed by atoms with E-state index in [2.05, 4.69) is 29.4 Å². The number of alkyl halides is 3. The fraction of sp³-hybridized carbons (Fsp3) is 0.600. The van der Waals surface area contributed by atoms with Gasteiger partial charge in [0.25, 0.3) is 0 Å². The van der Waals surface area contributed by atoms with Gasteiger partial charge in [-0.3, -0.25) is 9.69 Å². The minimum absolute atomic E-state index is 0.0150. The Bertz CT molecular complexity index is 809. The highest BCUT2D eigenvalue weighted by molar-refractivity contribution is 5.90. The van der Waals surface area contributed by atoms with Crippen molar-refractivity contribution >= 4 is 17.6 Å². The van der Waals surface area contributed by atoms with Crippen molar-refractivity contribution in [2.75, 3.05) is 51.1 Å². The van der Waals surface area contributed by atoms with E-state index in [1.165, 1.54) is 4.90 Å². The molecule has 2 aliphatic rings. The van der Waals surface area contributed by atoms with Crippen LogP contribution in [0.25, 0.3) is 0 Å². The molecule has 31 heavy (non-hydrogen) atoms. The molecule has 2 saturated heterocycles. The number of halogens is 4. The first kappa shape index (κ1) is 23.3. The summed E-state index contributed by atoms with van der Waals surface area (Å²) >= 11 is 0. The summed E-state index contributed by atoms with van der Waals surface area (Å²) in [4.78, 5) is 30.6. The van der Waals surface area contributed by atoms with Crippen LogP contribution in [-0.2, 0) is 11.0 Å². The highest BCUT2D eigenvalue weighted by Crippen LogP contribution is 2.33. The number of nitrogens with zero attached hydrogens (tertiary/aromatic N) is 3. The number of carbonyl (C=O) groups is 2. The van der Waals surface area contributed by atoms with E-state index in [-0.39, 0.29) is 30.7 Å². The van der Waals surface area contributed by atoms with Crippen molar-refractivity contribution in [1.82, 2.24) is 20.0 Å². The molecule has 7 nitrogen and oxygen atoms in total. The highest BCUT2D eigenvalue weighted by atomic mass is 19.4. The molecule has 1 aromatic carbocycles. The predicted molar refractivity (Wildman–Crippen MR) is 107 cm³/mol. The van der Waals surface area contributed by atoms with Crippen LogP contribution in [-0.4, -0.2) is 84.5 Å². The summed E-state index contributed by atoms with van der Waals surface area (Å²) in [6.45, 7) is 7.60. The van der Waals surface area contributed by atoms with Crippen LogP contribution in [0.2, 0.25) is 0 Å². The van der Waals surface area contributed by atoms with Crippen LogP contribution >= 0.6 is 0 Å². The number of carbonyl (C=O) groups excluding carboxylic acids is 2. The molecule has 0 saturated carbocycles. The molecule has 3 rings (SSSR count). The molecule has 0 spiro atoms. The van der Waals surface area contributed by atoms with E-state index in [1.807, 2.05) is 0 Å². The van der Waals surface area contributed by atoms with Gasteiger partial charge in [-0.15, -0.1) is 0 Å². The number of piperazine rings is 2. The van der Waals surface area contributed by atoms with Gasteiger partial charge in [-0.2, -0.15) is 13.2 Å². The Morgan fingerprint density at radius 2 is 1.74 bits per heavy atom. The zero-order valence-electron chi connectivity index (χ0n) is 17.5. The fourth-order valence-corrected chi connectivity index (χ4v) is 3.78. The van der Waals surface area contributed by atoms with Gasteiger partial charge < -0.3 is 20.4 Å². The van der Waals surface area contributed by atoms with E-state index >= 15 is 0 Å². The Labute approximate surface area is 178 Å². The average Bonchev–Trinajstić information content (AvgIpc) is 2.74. The number of anilines is 1. The minimum Gasteiger partial charge on any atom is -0.338 e. The summed E-state index contributed by atoms with van der Waals surface area (Å²) in [7, 11) is 0. The summed E-state index contributed by atoms with van der Waals surface area (Å²) in [5, 5.41) is 5.62. The third kappa shape index (κ3) is 5.65. The zero-order valence-corrected chi connectivity index (χ0v) is 17.5. The van der Waals surface area contributed by atoms with E-state index in [0.29, 0.717) is 37.8 Å². The number of hydrogen-bond acceptors (Lipinski definition) is 4. The van der Waals surface area contributed by atoms with Crippen molar-refractivity contribution in [1.29, 1.82) is 0 Å². The Hall–Kier alpha value is -2.40. The highest BCUT2D eigenvalue weighted by Gasteiger charge is 2.35. The third-order valence-electron chi connectivity index (χ3n) is 5.64. The maximum absolute atomic E-state index is 13.4. The van der Waals surface area contributed by atoms with Gasteiger partial charge >= 0.3 is 12.2 Å². The second-order valence-corrected chi connectivity index (χ2v) is 8.03. The van der Waals surface area contributed by atoms with E-state index in [1.54, 1.807) is 4.90 Å². The number of urea groups is 1. The number of benzene rings is 1. The number of amides is 3. The Kier molecular flexibility index (Phi) is 7.05. The molecule has 0 aliphatic carbocycles. The van der Waals surface area contributed by atoms with Crippen molar-refractivity contribution in [3.05, 3.63) is 29.6 Å². The van der Waals surface area contributed by atoms with E-state index in [0.717, 1.165) is 19.2 Å². The summed E-state index contributed by atoms with van der Waals surface area (Å²) in [5.74, 6) is -1.41. The normalized spacial score (nSPS) is 20.8. The first-order chi connectivity index (χ1) is 14.6. The minimum atomic E-state index is -4.85. The molecule has 2 heterocycles. The van der Waals surface area contributed by atoms with Crippen LogP contribution in [0.5, 0.6) is 0 Å². The van der Waals surface area contributed by atoms with Crippen molar-refractivity contribution in [2.45, 2.75) is 32.1 Å². The van der Waals surface area contributed by atoms with Crippen LogP contribution in [0.3, 0.4) is 0 Å². The second-order valence-electron chi connectivity index (χ2n) is 8.03. The lowest BCUT2D eigenvalue weighted by atomic mass is 10.1. The molecule has 0 aromatic heterocycles. The van der Waals surface area contributed by atoms with Gasteiger partial charge in [0.1, 0.15) is 5.82 Å². The van der Waals surface area contributed by atoms with Crippen LogP contribution in [0, 0.1) is 5.82 Å². The third-order valence-corrected chi connectivity index (χ3v) is 5.64. The lowest BCUT2D eigenvalue weighted by molar-refractivity contribution is -0.140. The molecular weight excluding hydrogens is 418 g/mol.